The standard InChI is InChI=1S/C22H23N5O5/c1-4-13-5-8-15(9-6-13)27-21(29)19-20(22(27)30)26(25-24-19)12-18(28)23-14-7-10-16(31-2)17(11-14)32-3/h5-11,19-20H,4,12H2,1-3H3,(H,23,28)/t19-,20+/m1/s1. The van der Waals surface area contributed by atoms with E-state index in [4.69, 9.17) is 9.47 Å². The fourth-order valence-corrected chi connectivity index (χ4v) is 3.75. The number of rotatable bonds is 7. The fourth-order valence-electron chi connectivity index (χ4n) is 3.75. The molecular formula is C22H23N5O5. The number of fused-ring (bicyclic) bond motifs is 1. The summed E-state index contributed by atoms with van der Waals surface area (Å²) in [6, 6.07) is 10.3. The van der Waals surface area contributed by atoms with E-state index in [1.807, 2.05) is 19.1 Å². The second-order valence-electron chi connectivity index (χ2n) is 7.34. The van der Waals surface area contributed by atoms with E-state index < -0.39 is 29.8 Å². The Hall–Kier alpha value is -3.95. The van der Waals surface area contributed by atoms with Crippen molar-refractivity contribution in [2.24, 2.45) is 10.3 Å². The Morgan fingerprint density at radius 2 is 1.75 bits per heavy atom. The smallest absolute Gasteiger partial charge is 0.263 e. The molecule has 0 unspecified atom stereocenters. The van der Waals surface area contributed by atoms with Crippen molar-refractivity contribution in [2.45, 2.75) is 25.4 Å². The van der Waals surface area contributed by atoms with Gasteiger partial charge in [-0.1, -0.05) is 24.3 Å². The monoisotopic (exact) mass is 437 g/mol. The third-order valence-electron chi connectivity index (χ3n) is 5.43. The highest BCUT2D eigenvalue weighted by molar-refractivity contribution is 6.25. The number of nitrogens with one attached hydrogen (secondary N) is 1. The number of hydrogen-bond donors (Lipinski definition) is 1. The van der Waals surface area contributed by atoms with Crippen LogP contribution >= 0.6 is 0 Å². The molecule has 1 N–H and O–H groups in total. The molecule has 2 aromatic carbocycles. The van der Waals surface area contributed by atoms with Gasteiger partial charge in [0, 0.05) is 11.8 Å². The maximum atomic E-state index is 13.0. The quantitative estimate of drug-likeness (QED) is 0.665. The van der Waals surface area contributed by atoms with Crippen LogP contribution in [0.3, 0.4) is 0 Å². The Kier molecular flexibility index (Phi) is 5.76. The zero-order valence-electron chi connectivity index (χ0n) is 17.9. The molecule has 0 spiro atoms. The number of aryl methyl sites for hydroxylation is 1. The summed E-state index contributed by atoms with van der Waals surface area (Å²) in [5.41, 5.74) is 2.07. The van der Waals surface area contributed by atoms with Crippen LogP contribution in [-0.4, -0.2) is 55.6 Å². The number of carbonyl (C=O) groups is 3. The van der Waals surface area contributed by atoms with Crippen LogP contribution in [0.4, 0.5) is 11.4 Å². The van der Waals surface area contributed by atoms with Crippen LogP contribution in [0.25, 0.3) is 0 Å². The third kappa shape index (κ3) is 3.75. The van der Waals surface area contributed by atoms with Crippen molar-refractivity contribution in [2.75, 3.05) is 31.0 Å². The Morgan fingerprint density at radius 1 is 1.03 bits per heavy atom. The van der Waals surface area contributed by atoms with E-state index in [0.29, 0.717) is 22.9 Å². The van der Waals surface area contributed by atoms with Crippen LogP contribution in [-0.2, 0) is 20.8 Å². The highest BCUT2D eigenvalue weighted by Crippen LogP contribution is 2.32. The molecule has 2 aliphatic heterocycles. The Labute approximate surface area is 184 Å². The summed E-state index contributed by atoms with van der Waals surface area (Å²) in [7, 11) is 3.02. The maximum absolute atomic E-state index is 13.0. The van der Waals surface area contributed by atoms with Crippen molar-refractivity contribution in [1.29, 1.82) is 0 Å². The van der Waals surface area contributed by atoms with Gasteiger partial charge < -0.3 is 14.8 Å². The number of hydrogen-bond acceptors (Lipinski definition) is 8. The summed E-state index contributed by atoms with van der Waals surface area (Å²) in [6.45, 7) is 1.79. The Bertz CT molecular complexity index is 1080. The largest absolute Gasteiger partial charge is 0.493 e. The first kappa shape index (κ1) is 21.3. The molecular weight excluding hydrogens is 414 g/mol. The van der Waals surface area contributed by atoms with Crippen molar-refractivity contribution in [3.8, 4) is 11.5 Å². The minimum absolute atomic E-state index is 0.235. The van der Waals surface area contributed by atoms with E-state index >= 15 is 0 Å². The van der Waals surface area contributed by atoms with Crippen molar-refractivity contribution < 1.29 is 23.9 Å². The van der Waals surface area contributed by atoms with Gasteiger partial charge in [0.25, 0.3) is 11.8 Å². The average molecular weight is 437 g/mol. The van der Waals surface area contributed by atoms with Crippen LogP contribution in [0, 0.1) is 0 Å². The molecule has 0 saturated carbocycles. The van der Waals surface area contributed by atoms with Gasteiger partial charge in [0.2, 0.25) is 5.91 Å². The van der Waals surface area contributed by atoms with Crippen molar-refractivity contribution in [1.82, 2.24) is 5.01 Å². The van der Waals surface area contributed by atoms with Gasteiger partial charge in [-0.15, -0.1) is 0 Å². The van der Waals surface area contributed by atoms with Gasteiger partial charge in [0.05, 0.1) is 19.9 Å². The van der Waals surface area contributed by atoms with E-state index in [1.54, 1.807) is 30.3 Å². The van der Waals surface area contributed by atoms with E-state index in [2.05, 4.69) is 15.7 Å². The van der Waals surface area contributed by atoms with Crippen molar-refractivity contribution >= 4 is 29.1 Å². The minimum atomic E-state index is -0.956. The van der Waals surface area contributed by atoms with E-state index in [0.717, 1.165) is 16.9 Å². The van der Waals surface area contributed by atoms with Gasteiger partial charge >= 0.3 is 0 Å². The summed E-state index contributed by atoms with van der Waals surface area (Å²) in [5.74, 6) is -0.317. The number of methoxy groups -OCH3 is 2. The number of amides is 3. The molecule has 0 aliphatic carbocycles. The SMILES string of the molecule is CCc1ccc(N2C(=O)[C@@H]3[C@@H](N=NN3CC(=O)Nc3ccc(OC)c(OC)c3)C2=O)cc1. The number of benzene rings is 2. The molecule has 2 atom stereocenters. The molecule has 0 bridgehead atoms. The lowest BCUT2D eigenvalue weighted by molar-refractivity contribution is -0.123. The zero-order chi connectivity index (χ0) is 22.8. The van der Waals surface area contributed by atoms with Gasteiger partial charge in [-0.05, 0) is 36.2 Å². The molecule has 0 aromatic heterocycles. The summed E-state index contributed by atoms with van der Waals surface area (Å²) >= 11 is 0. The first-order valence-corrected chi connectivity index (χ1v) is 10.1. The van der Waals surface area contributed by atoms with E-state index in [-0.39, 0.29) is 6.54 Å². The minimum Gasteiger partial charge on any atom is -0.493 e. The molecule has 10 heteroatoms. The maximum Gasteiger partial charge on any atom is 0.263 e. The lowest BCUT2D eigenvalue weighted by Gasteiger charge is -2.20. The third-order valence-corrected chi connectivity index (χ3v) is 5.43. The number of nitrogens with zero attached hydrogens (tertiary/aromatic N) is 4. The molecule has 1 fully saturated rings. The van der Waals surface area contributed by atoms with Crippen LogP contribution in [0.15, 0.2) is 52.8 Å². The van der Waals surface area contributed by atoms with Crippen LogP contribution in [0.5, 0.6) is 11.5 Å². The van der Waals surface area contributed by atoms with Crippen LogP contribution < -0.4 is 19.7 Å². The normalized spacial score (nSPS) is 19.3. The van der Waals surface area contributed by atoms with Gasteiger partial charge in [-0.3, -0.25) is 19.4 Å². The molecule has 166 valence electrons. The van der Waals surface area contributed by atoms with Gasteiger partial charge in [-0.2, -0.15) is 5.11 Å². The van der Waals surface area contributed by atoms with Gasteiger partial charge in [-0.25, -0.2) is 4.90 Å². The van der Waals surface area contributed by atoms with E-state index in [9.17, 15) is 14.4 Å². The molecule has 2 heterocycles. The first-order valence-electron chi connectivity index (χ1n) is 10.1. The Balaban J connectivity index is 1.46. The lowest BCUT2D eigenvalue weighted by Crippen LogP contribution is -2.43. The molecule has 10 nitrogen and oxygen atoms in total. The van der Waals surface area contributed by atoms with Crippen molar-refractivity contribution in [3.63, 3.8) is 0 Å². The molecule has 3 amide bonds. The van der Waals surface area contributed by atoms with Crippen molar-refractivity contribution in [3.05, 3.63) is 48.0 Å². The number of carbonyl (C=O) groups excluding carboxylic acids is 3. The van der Waals surface area contributed by atoms with Gasteiger partial charge in [0.1, 0.15) is 6.54 Å². The first-order chi connectivity index (χ1) is 15.5. The summed E-state index contributed by atoms with van der Waals surface area (Å²) in [4.78, 5) is 39.5. The average Bonchev–Trinajstić information content (AvgIpc) is 3.32. The Morgan fingerprint density at radius 3 is 2.41 bits per heavy atom. The molecule has 1 saturated heterocycles. The van der Waals surface area contributed by atoms with Gasteiger partial charge in [0.15, 0.2) is 23.6 Å². The van der Waals surface area contributed by atoms with Crippen LogP contribution in [0.2, 0.25) is 0 Å². The zero-order valence-corrected chi connectivity index (χ0v) is 17.9. The number of anilines is 2. The molecule has 2 aromatic rings. The fraction of sp³-hybridized carbons (Fsp3) is 0.318. The molecule has 4 rings (SSSR count). The van der Waals surface area contributed by atoms with E-state index in [1.165, 1.54) is 19.2 Å². The predicted molar refractivity (Wildman–Crippen MR) is 116 cm³/mol. The van der Waals surface area contributed by atoms with Crippen LogP contribution in [0.1, 0.15) is 12.5 Å². The topological polar surface area (TPSA) is 113 Å². The highest BCUT2D eigenvalue weighted by Gasteiger charge is 2.55. The second kappa shape index (κ2) is 8.66. The molecule has 32 heavy (non-hydrogen) atoms. The summed E-state index contributed by atoms with van der Waals surface area (Å²) in [5, 5.41) is 11.8. The summed E-state index contributed by atoms with van der Waals surface area (Å²) < 4.78 is 10.4. The summed E-state index contributed by atoms with van der Waals surface area (Å²) in [6.07, 6.45) is 0.852. The molecule has 2 aliphatic rings. The second-order valence-corrected chi connectivity index (χ2v) is 7.34. The lowest BCUT2D eigenvalue weighted by atomic mass is 10.1. The number of ether oxygens (including phenoxy) is 2. The number of imide groups is 1. The molecule has 0 radical (unpaired) electrons. The highest BCUT2D eigenvalue weighted by atomic mass is 16.5. The predicted octanol–water partition coefficient (Wildman–Crippen LogP) is 2.20.